The first kappa shape index (κ1) is 15.9. The van der Waals surface area contributed by atoms with Crippen LogP contribution in [-0.4, -0.2) is 37.1 Å². The summed E-state index contributed by atoms with van der Waals surface area (Å²) in [5.74, 6) is 0.771. The van der Waals surface area contributed by atoms with Crippen LogP contribution in [0.1, 0.15) is 53.9 Å². The molecule has 2 nitrogen and oxygen atoms in total. The van der Waals surface area contributed by atoms with Crippen molar-refractivity contribution in [2.75, 3.05) is 26.2 Å². The Morgan fingerprint density at radius 2 is 1.69 bits per heavy atom. The summed E-state index contributed by atoms with van der Waals surface area (Å²) in [6.07, 6.45) is 3.90. The molecule has 0 atom stereocenters. The summed E-state index contributed by atoms with van der Waals surface area (Å²) in [7, 11) is 0. The molecule has 0 rings (SSSR count). The van der Waals surface area contributed by atoms with Gasteiger partial charge in [0.15, 0.2) is 0 Å². The predicted molar refractivity (Wildman–Crippen MR) is 73.9 cm³/mol. The Hall–Kier alpha value is -0.0800. The van der Waals surface area contributed by atoms with Crippen molar-refractivity contribution >= 4 is 0 Å². The Labute approximate surface area is 103 Å². The highest BCUT2D eigenvalue weighted by atomic mass is 15.1. The van der Waals surface area contributed by atoms with Gasteiger partial charge in [-0.3, -0.25) is 0 Å². The van der Waals surface area contributed by atoms with Crippen molar-refractivity contribution in [3.8, 4) is 0 Å². The van der Waals surface area contributed by atoms with Crippen LogP contribution in [0.4, 0.5) is 0 Å². The van der Waals surface area contributed by atoms with Gasteiger partial charge >= 0.3 is 0 Å². The minimum absolute atomic E-state index is 0.698. The molecule has 0 aromatic rings. The van der Waals surface area contributed by atoms with Gasteiger partial charge in [-0.25, -0.2) is 0 Å². The summed E-state index contributed by atoms with van der Waals surface area (Å²) in [6.45, 7) is 16.2. The second-order valence-corrected chi connectivity index (χ2v) is 5.43. The van der Waals surface area contributed by atoms with Crippen LogP contribution in [0, 0.1) is 5.92 Å². The second-order valence-electron chi connectivity index (χ2n) is 5.43. The lowest BCUT2D eigenvalue weighted by molar-refractivity contribution is 0.217. The highest BCUT2D eigenvalue weighted by molar-refractivity contribution is 4.62. The lowest BCUT2D eigenvalue weighted by Crippen LogP contribution is -2.33. The van der Waals surface area contributed by atoms with Crippen molar-refractivity contribution in [2.24, 2.45) is 5.92 Å². The van der Waals surface area contributed by atoms with E-state index in [1.165, 1.54) is 38.9 Å². The maximum atomic E-state index is 3.50. The zero-order valence-electron chi connectivity index (χ0n) is 12.1. The fourth-order valence-corrected chi connectivity index (χ4v) is 1.87. The van der Waals surface area contributed by atoms with Crippen LogP contribution in [0.3, 0.4) is 0 Å². The van der Waals surface area contributed by atoms with Gasteiger partial charge in [0.25, 0.3) is 0 Å². The second kappa shape index (κ2) is 10.1. The molecule has 1 N–H and O–H groups in total. The largest absolute Gasteiger partial charge is 0.316 e. The molecule has 0 heterocycles. The predicted octanol–water partition coefficient (Wildman–Crippen LogP) is 3.13. The number of hydrogen-bond donors (Lipinski definition) is 1. The number of hydrogen-bond acceptors (Lipinski definition) is 2. The normalized spacial score (nSPS) is 12.0. The van der Waals surface area contributed by atoms with Gasteiger partial charge in [-0.2, -0.15) is 0 Å². The van der Waals surface area contributed by atoms with E-state index in [-0.39, 0.29) is 0 Å². The van der Waals surface area contributed by atoms with Gasteiger partial charge in [-0.15, -0.1) is 0 Å². The first-order valence-corrected chi connectivity index (χ1v) is 7.02. The maximum absolute atomic E-state index is 3.50. The molecule has 0 saturated carbocycles. The third-order valence-corrected chi connectivity index (χ3v) is 2.84. The zero-order valence-corrected chi connectivity index (χ0v) is 12.1. The van der Waals surface area contributed by atoms with E-state index in [0.29, 0.717) is 6.04 Å². The van der Waals surface area contributed by atoms with E-state index in [2.05, 4.69) is 44.8 Å². The molecule has 16 heavy (non-hydrogen) atoms. The summed E-state index contributed by atoms with van der Waals surface area (Å²) in [6, 6.07) is 0.698. The van der Waals surface area contributed by atoms with Crippen molar-refractivity contribution in [3.63, 3.8) is 0 Å². The lowest BCUT2D eigenvalue weighted by Gasteiger charge is -2.25. The standard InChI is InChI=1S/C14H32N2/c1-6-10-16(14(4)5)11-8-7-9-15-12-13(2)3/h13-15H,6-12H2,1-5H3. The lowest BCUT2D eigenvalue weighted by atomic mass is 10.2. The highest BCUT2D eigenvalue weighted by Crippen LogP contribution is 2.02. The monoisotopic (exact) mass is 228 g/mol. The van der Waals surface area contributed by atoms with Gasteiger partial charge in [0.2, 0.25) is 0 Å². The Balaban J connectivity index is 3.40. The molecule has 0 spiro atoms. The fourth-order valence-electron chi connectivity index (χ4n) is 1.87. The topological polar surface area (TPSA) is 15.3 Å². The quantitative estimate of drug-likeness (QED) is 0.578. The molecule has 0 fully saturated rings. The molecule has 0 amide bonds. The number of nitrogens with zero attached hydrogens (tertiary/aromatic N) is 1. The van der Waals surface area contributed by atoms with Crippen molar-refractivity contribution in [2.45, 2.75) is 59.9 Å². The van der Waals surface area contributed by atoms with Crippen molar-refractivity contribution < 1.29 is 0 Å². The van der Waals surface area contributed by atoms with Gasteiger partial charge in [0.05, 0.1) is 0 Å². The van der Waals surface area contributed by atoms with Gasteiger partial charge in [0.1, 0.15) is 0 Å². The molecule has 0 aromatic heterocycles. The molecule has 0 radical (unpaired) electrons. The van der Waals surface area contributed by atoms with Gasteiger partial charge in [0, 0.05) is 6.04 Å². The molecule has 0 aliphatic carbocycles. The van der Waals surface area contributed by atoms with Crippen LogP contribution < -0.4 is 5.32 Å². The Morgan fingerprint density at radius 1 is 1.00 bits per heavy atom. The van der Waals surface area contributed by atoms with Crippen LogP contribution in [-0.2, 0) is 0 Å². The SMILES string of the molecule is CCCN(CCCCNCC(C)C)C(C)C. The van der Waals surface area contributed by atoms with Gasteiger partial charge < -0.3 is 10.2 Å². The molecular formula is C14H32N2. The van der Waals surface area contributed by atoms with E-state index < -0.39 is 0 Å². The molecule has 0 aromatic carbocycles. The average molecular weight is 228 g/mol. The van der Waals surface area contributed by atoms with Crippen LogP contribution in [0.5, 0.6) is 0 Å². The van der Waals surface area contributed by atoms with Crippen molar-refractivity contribution in [3.05, 3.63) is 0 Å². The summed E-state index contributed by atoms with van der Waals surface area (Å²) in [5, 5.41) is 3.50. The molecule has 0 aliphatic rings. The molecule has 0 bridgehead atoms. The summed E-state index contributed by atoms with van der Waals surface area (Å²) in [5.41, 5.74) is 0. The number of rotatable bonds is 10. The molecular weight excluding hydrogens is 196 g/mol. The van der Waals surface area contributed by atoms with E-state index in [9.17, 15) is 0 Å². The molecule has 0 unspecified atom stereocenters. The summed E-state index contributed by atoms with van der Waals surface area (Å²) in [4.78, 5) is 2.59. The van der Waals surface area contributed by atoms with Crippen LogP contribution in [0.15, 0.2) is 0 Å². The van der Waals surface area contributed by atoms with Gasteiger partial charge in [-0.1, -0.05) is 20.8 Å². The zero-order chi connectivity index (χ0) is 12.4. The fraction of sp³-hybridized carbons (Fsp3) is 1.00. The molecule has 98 valence electrons. The van der Waals surface area contributed by atoms with Crippen molar-refractivity contribution in [1.82, 2.24) is 10.2 Å². The third-order valence-electron chi connectivity index (χ3n) is 2.84. The van der Waals surface area contributed by atoms with Crippen molar-refractivity contribution in [1.29, 1.82) is 0 Å². The first-order valence-electron chi connectivity index (χ1n) is 7.02. The average Bonchev–Trinajstić information content (AvgIpc) is 2.20. The first-order chi connectivity index (χ1) is 7.57. The minimum Gasteiger partial charge on any atom is -0.316 e. The van der Waals surface area contributed by atoms with E-state index in [0.717, 1.165) is 12.5 Å². The Bertz CT molecular complexity index is 144. The van der Waals surface area contributed by atoms with E-state index in [1.54, 1.807) is 0 Å². The minimum atomic E-state index is 0.698. The van der Waals surface area contributed by atoms with Crippen LogP contribution >= 0.6 is 0 Å². The van der Waals surface area contributed by atoms with E-state index in [4.69, 9.17) is 0 Å². The molecule has 0 aliphatic heterocycles. The summed E-state index contributed by atoms with van der Waals surface area (Å²) >= 11 is 0. The number of unbranched alkanes of at least 4 members (excludes halogenated alkanes) is 1. The summed E-state index contributed by atoms with van der Waals surface area (Å²) < 4.78 is 0. The van der Waals surface area contributed by atoms with E-state index >= 15 is 0 Å². The van der Waals surface area contributed by atoms with Crippen LogP contribution in [0.2, 0.25) is 0 Å². The Morgan fingerprint density at radius 3 is 2.19 bits per heavy atom. The smallest absolute Gasteiger partial charge is 0.00385 e. The molecule has 0 saturated heterocycles. The van der Waals surface area contributed by atoms with E-state index in [1.807, 2.05) is 0 Å². The number of nitrogens with one attached hydrogen (secondary N) is 1. The highest BCUT2D eigenvalue weighted by Gasteiger charge is 2.06. The van der Waals surface area contributed by atoms with Crippen LogP contribution in [0.25, 0.3) is 0 Å². The van der Waals surface area contributed by atoms with Gasteiger partial charge in [-0.05, 0) is 65.2 Å². The molecule has 2 heteroatoms. The third kappa shape index (κ3) is 9.17. The maximum Gasteiger partial charge on any atom is 0.00385 e. The Kier molecular flexibility index (Phi) is 10.0.